The van der Waals surface area contributed by atoms with Crippen LogP contribution < -0.4 is 16.0 Å². The Morgan fingerprint density at radius 1 is 1.25 bits per heavy atom. The lowest BCUT2D eigenvalue weighted by Crippen LogP contribution is -2.41. The fraction of sp³-hybridized carbons (Fsp3) is 0.647. The smallest absolute Gasteiger partial charge is 0.379 e. The summed E-state index contributed by atoms with van der Waals surface area (Å²) in [6, 6.07) is 2.29. The molecule has 2 heterocycles. The molecule has 0 amide bonds. The van der Waals surface area contributed by atoms with Crippen molar-refractivity contribution < 1.29 is 17.9 Å². The molecule has 0 unspecified atom stereocenters. The van der Waals surface area contributed by atoms with E-state index in [0.717, 1.165) is 38.9 Å². The number of nitrogens with one attached hydrogen (secondary N) is 3. The van der Waals surface area contributed by atoms with Gasteiger partial charge < -0.3 is 20.7 Å². The van der Waals surface area contributed by atoms with Gasteiger partial charge in [-0.2, -0.15) is 13.2 Å². The van der Waals surface area contributed by atoms with Crippen LogP contribution >= 0.6 is 24.0 Å². The summed E-state index contributed by atoms with van der Waals surface area (Å²) in [5, 5.41) is 8.96. The van der Waals surface area contributed by atoms with E-state index < -0.39 is 11.7 Å². The lowest BCUT2D eigenvalue weighted by atomic mass is 10.2. The lowest BCUT2D eigenvalue weighted by molar-refractivity contribution is -0.137. The normalized spacial score (nSPS) is 15.6. The standard InChI is InChI=1S/C17H27F3N6O.HI/c1-2-21-16(25-8-9-26-10-12-27-13-11-26)24-7-6-23-15-14(17(18,19)20)4-3-5-22-15;/h3-5H,2,6-13H2,1H3,(H,22,23)(H2,21,24,25);1H. The zero-order chi connectivity index (χ0) is 19.5. The number of morpholine rings is 1. The lowest BCUT2D eigenvalue weighted by Gasteiger charge is -2.25. The van der Waals surface area contributed by atoms with E-state index in [1.54, 1.807) is 0 Å². The van der Waals surface area contributed by atoms with Crippen LogP contribution in [0.3, 0.4) is 0 Å². The molecule has 0 radical (unpaired) electrons. The summed E-state index contributed by atoms with van der Waals surface area (Å²) in [7, 11) is 0. The summed E-state index contributed by atoms with van der Waals surface area (Å²) in [5.41, 5.74) is -0.768. The van der Waals surface area contributed by atoms with Gasteiger partial charge in [-0.3, -0.25) is 9.89 Å². The molecule has 0 atom stereocenters. The highest BCUT2D eigenvalue weighted by Gasteiger charge is 2.33. The number of rotatable bonds is 8. The van der Waals surface area contributed by atoms with E-state index in [1.807, 2.05) is 6.92 Å². The predicted molar refractivity (Wildman–Crippen MR) is 114 cm³/mol. The molecule has 1 fully saturated rings. The maximum absolute atomic E-state index is 12.9. The van der Waals surface area contributed by atoms with E-state index in [9.17, 15) is 13.2 Å². The second kappa shape index (κ2) is 13.0. The van der Waals surface area contributed by atoms with Crippen LogP contribution in [0, 0.1) is 0 Å². The Bertz CT molecular complexity index is 597. The van der Waals surface area contributed by atoms with Gasteiger partial charge in [-0.1, -0.05) is 0 Å². The van der Waals surface area contributed by atoms with Crippen LogP contribution in [0.25, 0.3) is 0 Å². The van der Waals surface area contributed by atoms with Gasteiger partial charge in [0.2, 0.25) is 0 Å². The van der Waals surface area contributed by atoms with E-state index in [2.05, 4.69) is 30.8 Å². The van der Waals surface area contributed by atoms with E-state index in [4.69, 9.17) is 4.74 Å². The molecular formula is C17H28F3IN6O. The van der Waals surface area contributed by atoms with Gasteiger partial charge in [0.15, 0.2) is 5.96 Å². The van der Waals surface area contributed by atoms with E-state index in [1.165, 1.54) is 12.3 Å². The Hall–Kier alpha value is -1.34. The average Bonchev–Trinajstić information content (AvgIpc) is 2.65. The molecule has 1 aromatic heterocycles. The highest BCUT2D eigenvalue weighted by Crippen LogP contribution is 2.33. The molecule has 1 aliphatic heterocycles. The fourth-order valence-electron chi connectivity index (χ4n) is 2.61. The summed E-state index contributed by atoms with van der Waals surface area (Å²) in [6.45, 7) is 8.18. The van der Waals surface area contributed by atoms with Crippen molar-refractivity contribution in [3.63, 3.8) is 0 Å². The van der Waals surface area contributed by atoms with Crippen molar-refractivity contribution in [3.05, 3.63) is 23.9 Å². The number of ether oxygens (including phenoxy) is 1. The van der Waals surface area contributed by atoms with Crippen LogP contribution in [0.15, 0.2) is 23.3 Å². The monoisotopic (exact) mass is 516 g/mol. The first-order valence-corrected chi connectivity index (χ1v) is 9.09. The Balaban J connectivity index is 0.00000392. The minimum Gasteiger partial charge on any atom is -0.379 e. The van der Waals surface area contributed by atoms with Crippen molar-refractivity contribution in [1.29, 1.82) is 0 Å². The van der Waals surface area contributed by atoms with Gasteiger partial charge in [-0.25, -0.2) is 4.98 Å². The number of hydrogen-bond donors (Lipinski definition) is 3. The molecule has 1 aromatic rings. The van der Waals surface area contributed by atoms with Gasteiger partial charge >= 0.3 is 6.18 Å². The number of anilines is 1. The van der Waals surface area contributed by atoms with Gasteiger partial charge in [-0.05, 0) is 19.1 Å². The van der Waals surface area contributed by atoms with Crippen molar-refractivity contribution in [2.24, 2.45) is 4.99 Å². The van der Waals surface area contributed by atoms with Crippen LogP contribution in [-0.4, -0.2) is 74.9 Å². The number of pyridine rings is 1. The molecule has 0 bridgehead atoms. The van der Waals surface area contributed by atoms with Crippen LogP contribution in [0.1, 0.15) is 12.5 Å². The van der Waals surface area contributed by atoms with Crippen LogP contribution in [0.5, 0.6) is 0 Å². The van der Waals surface area contributed by atoms with E-state index in [0.29, 0.717) is 25.6 Å². The summed E-state index contributed by atoms with van der Waals surface area (Å²) in [5.74, 6) is 0.477. The minimum absolute atomic E-state index is 0. The Kier molecular flexibility index (Phi) is 11.5. The van der Waals surface area contributed by atoms with Crippen molar-refractivity contribution in [2.45, 2.75) is 13.1 Å². The minimum atomic E-state index is -4.43. The molecule has 1 aliphatic rings. The molecule has 160 valence electrons. The van der Waals surface area contributed by atoms with Crippen LogP contribution in [0.4, 0.5) is 19.0 Å². The quantitative estimate of drug-likeness (QED) is 0.213. The Morgan fingerprint density at radius 3 is 2.68 bits per heavy atom. The first kappa shape index (κ1) is 24.7. The predicted octanol–water partition coefficient (Wildman–Crippen LogP) is 2.02. The number of halogens is 4. The van der Waals surface area contributed by atoms with Gasteiger partial charge in [0.25, 0.3) is 0 Å². The number of nitrogens with zero attached hydrogens (tertiary/aromatic N) is 3. The molecule has 28 heavy (non-hydrogen) atoms. The molecule has 1 saturated heterocycles. The van der Waals surface area contributed by atoms with Gasteiger partial charge in [0.05, 0.1) is 25.3 Å². The molecule has 0 aliphatic carbocycles. The molecule has 3 N–H and O–H groups in total. The molecular weight excluding hydrogens is 488 g/mol. The largest absolute Gasteiger partial charge is 0.419 e. The maximum atomic E-state index is 12.9. The third-order valence-electron chi connectivity index (χ3n) is 3.96. The van der Waals surface area contributed by atoms with Crippen LogP contribution in [0.2, 0.25) is 0 Å². The topological polar surface area (TPSA) is 73.8 Å². The number of aromatic nitrogens is 1. The van der Waals surface area contributed by atoms with Crippen molar-refractivity contribution >= 4 is 35.8 Å². The number of hydrogen-bond acceptors (Lipinski definition) is 5. The number of aliphatic imine (C=N–C) groups is 1. The number of guanidine groups is 1. The Morgan fingerprint density at radius 2 is 2.00 bits per heavy atom. The highest BCUT2D eigenvalue weighted by atomic mass is 127. The molecule has 7 nitrogen and oxygen atoms in total. The molecule has 11 heteroatoms. The SMILES string of the molecule is CCNC(=NCCN1CCOCC1)NCCNc1ncccc1C(F)(F)F.I. The third kappa shape index (κ3) is 8.78. The molecule has 0 spiro atoms. The summed E-state index contributed by atoms with van der Waals surface area (Å²) >= 11 is 0. The first-order chi connectivity index (χ1) is 13.0. The first-order valence-electron chi connectivity index (χ1n) is 9.09. The van der Waals surface area contributed by atoms with Gasteiger partial charge in [-0.15, -0.1) is 24.0 Å². The summed E-state index contributed by atoms with van der Waals surface area (Å²) in [4.78, 5) is 10.6. The average molecular weight is 516 g/mol. The van der Waals surface area contributed by atoms with E-state index >= 15 is 0 Å². The molecule has 0 saturated carbocycles. The van der Waals surface area contributed by atoms with Gasteiger partial charge in [0.1, 0.15) is 5.82 Å². The molecule has 2 rings (SSSR count). The van der Waals surface area contributed by atoms with Crippen molar-refractivity contribution in [2.75, 3.05) is 64.3 Å². The highest BCUT2D eigenvalue weighted by molar-refractivity contribution is 14.0. The summed E-state index contributed by atoms with van der Waals surface area (Å²) in [6.07, 6.45) is -3.10. The number of alkyl halides is 3. The van der Waals surface area contributed by atoms with E-state index in [-0.39, 0.29) is 36.3 Å². The van der Waals surface area contributed by atoms with Gasteiger partial charge in [0, 0.05) is 45.5 Å². The Labute approximate surface area is 180 Å². The summed E-state index contributed by atoms with van der Waals surface area (Å²) < 4.78 is 44.1. The van der Waals surface area contributed by atoms with Crippen LogP contribution in [-0.2, 0) is 10.9 Å². The zero-order valence-corrected chi connectivity index (χ0v) is 18.2. The maximum Gasteiger partial charge on any atom is 0.419 e. The van der Waals surface area contributed by atoms with Crippen molar-refractivity contribution in [1.82, 2.24) is 20.5 Å². The van der Waals surface area contributed by atoms with Crippen molar-refractivity contribution in [3.8, 4) is 0 Å². The second-order valence-electron chi connectivity index (χ2n) is 5.97. The fourth-order valence-corrected chi connectivity index (χ4v) is 2.61. The second-order valence-corrected chi connectivity index (χ2v) is 5.97. The zero-order valence-electron chi connectivity index (χ0n) is 15.9. The molecule has 0 aromatic carbocycles. The third-order valence-corrected chi connectivity index (χ3v) is 3.96.